The molecule has 3 aromatic rings. The lowest BCUT2D eigenvalue weighted by atomic mass is 9.78. The minimum atomic E-state index is -3.10. The van der Waals surface area contributed by atoms with Crippen LogP contribution in [0.15, 0.2) is 71.6 Å². The summed E-state index contributed by atoms with van der Waals surface area (Å²) >= 11 is 14.6. The van der Waals surface area contributed by atoms with Crippen LogP contribution in [0.25, 0.3) is 0 Å². The number of amides is 2. The molecule has 8 nitrogen and oxygen atoms in total. The Balaban J connectivity index is 0.00000128. The molecule has 2 unspecified atom stereocenters. The van der Waals surface area contributed by atoms with Gasteiger partial charge in [-0.15, -0.1) is 11.8 Å². The van der Waals surface area contributed by atoms with Crippen molar-refractivity contribution >= 4 is 57.0 Å². The van der Waals surface area contributed by atoms with E-state index in [0.29, 0.717) is 42.5 Å². The van der Waals surface area contributed by atoms with Gasteiger partial charge in [-0.3, -0.25) is 0 Å². The highest BCUT2D eigenvalue weighted by atomic mass is 35.5. The van der Waals surface area contributed by atoms with Crippen LogP contribution < -0.4 is 4.74 Å². The number of hydrogen-bond donors (Lipinski definition) is 0. The average molecular weight is 690 g/mol. The molecule has 12 heteroatoms. The molecule has 0 saturated carbocycles. The van der Waals surface area contributed by atoms with Gasteiger partial charge < -0.3 is 14.5 Å². The van der Waals surface area contributed by atoms with E-state index in [2.05, 4.69) is 41.3 Å². The zero-order valence-corrected chi connectivity index (χ0v) is 27.9. The summed E-state index contributed by atoms with van der Waals surface area (Å²) in [6, 6.07) is 22.2. The number of halogens is 2. The molecule has 2 fully saturated rings. The Morgan fingerprint density at radius 2 is 1.64 bits per heavy atom. The number of sulfone groups is 1. The van der Waals surface area contributed by atoms with Crippen molar-refractivity contribution in [1.29, 1.82) is 0 Å². The van der Waals surface area contributed by atoms with E-state index >= 15 is 0 Å². The number of benzene rings is 3. The number of likely N-dealkylation sites (tertiary alicyclic amines) is 2. The van der Waals surface area contributed by atoms with Crippen molar-refractivity contribution in [3.8, 4) is 5.75 Å². The number of fused-ring (bicyclic) bond motifs is 3. The molecule has 3 aliphatic rings. The van der Waals surface area contributed by atoms with Gasteiger partial charge in [-0.25, -0.2) is 13.2 Å². The summed E-state index contributed by atoms with van der Waals surface area (Å²) in [7, 11) is -3.10. The van der Waals surface area contributed by atoms with Gasteiger partial charge >= 0.3 is 12.2 Å². The van der Waals surface area contributed by atoms with Crippen LogP contribution in [0.2, 0.25) is 10.0 Å². The van der Waals surface area contributed by atoms with Crippen molar-refractivity contribution in [3.05, 3.63) is 93.5 Å². The number of hydrogen-bond acceptors (Lipinski definition) is 7. The number of ether oxygens (including phenoxy) is 1. The Kier molecular flexibility index (Phi) is 10.5. The molecular formula is C33H34Cl2N2O6S2. The molecular weight excluding hydrogens is 655 g/mol. The lowest BCUT2D eigenvalue weighted by Crippen LogP contribution is -2.53. The third kappa shape index (κ3) is 7.21. The quantitative estimate of drug-likeness (QED) is 0.287. The number of thioether (sulfide) groups is 1. The Hall–Kier alpha value is -3.01. The molecule has 0 bridgehead atoms. The largest absolute Gasteiger partial charge is 0.489 e. The van der Waals surface area contributed by atoms with Crippen molar-refractivity contribution in [1.82, 2.24) is 9.80 Å². The van der Waals surface area contributed by atoms with Crippen LogP contribution in [0.3, 0.4) is 0 Å². The molecule has 0 radical (unpaired) electrons. The second-order valence-corrected chi connectivity index (χ2v) is 16.0. The highest BCUT2D eigenvalue weighted by molar-refractivity contribution is 8.00. The third-order valence-corrected chi connectivity index (χ3v) is 12.9. The summed E-state index contributed by atoms with van der Waals surface area (Å²) in [6.07, 6.45) is 5.06. The first-order chi connectivity index (χ1) is 21.6. The van der Waals surface area contributed by atoms with Gasteiger partial charge in [-0.2, -0.15) is 9.59 Å². The second kappa shape index (κ2) is 14.2. The van der Waals surface area contributed by atoms with E-state index in [1.807, 2.05) is 47.0 Å². The van der Waals surface area contributed by atoms with Crippen LogP contribution in [-0.2, 0) is 37.2 Å². The van der Waals surface area contributed by atoms with E-state index in [1.54, 1.807) is 0 Å². The van der Waals surface area contributed by atoms with Gasteiger partial charge in [0, 0.05) is 46.4 Å². The summed E-state index contributed by atoms with van der Waals surface area (Å²) in [5, 5.41) is 0.801. The van der Waals surface area contributed by atoms with Gasteiger partial charge in [0.15, 0.2) is 0 Å². The van der Waals surface area contributed by atoms with E-state index in [1.165, 1.54) is 22.3 Å². The van der Waals surface area contributed by atoms with Crippen molar-refractivity contribution in [2.45, 2.75) is 59.6 Å². The maximum Gasteiger partial charge on any atom is 0.373 e. The summed E-state index contributed by atoms with van der Waals surface area (Å²) in [6.45, 7) is 1.90. The van der Waals surface area contributed by atoms with Crippen molar-refractivity contribution in [3.63, 3.8) is 0 Å². The van der Waals surface area contributed by atoms with Crippen LogP contribution in [0.1, 0.15) is 42.4 Å². The zero-order chi connectivity index (χ0) is 32.2. The standard InChI is InChI=1S/C32H34Cl2N2O4S2.CO2/c1-42(38,39)25-14-17-35(18-15-25)31(37)36-19-16-32(41-24-6-3-2-4-7-24)27-12-11-23(20-22(27)10-13-30(32)36)40-21-26-28(33)8-5-9-29(26)34;2-1-3/h2-9,11-12,20,25,30H,10,13-19,21H2,1H3;. The molecule has 3 aromatic carbocycles. The molecule has 2 saturated heterocycles. The van der Waals surface area contributed by atoms with Gasteiger partial charge in [0.25, 0.3) is 0 Å². The molecule has 0 aromatic heterocycles. The van der Waals surface area contributed by atoms with Gasteiger partial charge in [0.1, 0.15) is 22.2 Å². The highest BCUT2D eigenvalue weighted by Gasteiger charge is 2.54. The molecule has 0 N–H and O–H groups in total. The summed E-state index contributed by atoms with van der Waals surface area (Å²) < 4.78 is 30.0. The van der Waals surface area contributed by atoms with Gasteiger partial charge in [-0.1, -0.05) is 53.5 Å². The number of rotatable bonds is 6. The Bertz CT molecular complexity index is 1660. The van der Waals surface area contributed by atoms with Crippen molar-refractivity contribution in [2.75, 3.05) is 25.9 Å². The molecule has 1 aliphatic carbocycles. The van der Waals surface area contributed by atoms with E-state index < -0.39 is 9.84 Å². The number of piperidine rings is 1. The molecule has 2 aliphatic heterocycles. The average Bonchev–Trinajstić information content (AvgIpc) is 3.40. The lowest BCUT2D eigenvalue weighted by molar-refractivity contribution is -0.191. The monoisotopic (exact) mass is 688 g/mol. The summed E-state index contributed by atoms with van der Waals surface area (Å²) in [5.41, 5.74) is 3.25. The van der Waals surface area contributed by atoms with Gasteiger partial charge in [0.05, 0.1) is 16.0 Å². The molecule has 2 amide bonds. The van der Waals surface area contributed by atoms with Crippen LogP contribution >= 0.6 is 35.0 Å². The fraction of sp³-hybridized carbons (Fsp3) is 0.394. The molecule has 2 heterocycles. The molecule has 238 valence electrons. The van der Waals surface area contributed by atoms with Crippen LogP contribution in [0, 0.1) is 0 Å². The maximum absolute atomic E-state index is 13.9. The predicted octanol–water partition coefficient (Wildman–Crippen LogP) is 6.63. The number of carbonyl (C=O) groups excluding carboxylic acids is 3. The second-order valence-electron chi connectivity index (χ2n) is 11.5. The van der Waals surface area contributed by atoms with Crippen molar-refractivity contribution < 1.29 is 27.5 Å². The first kappa shape index (κ1) is 33.4. The van der Waals surface area contributed by atoms with Gasteiger partial charge in [-0.05, 0) is 79.6 Å². The Labute approximate surface area is 277 Å². The molecule has 45 heavy (non-hydrogen) atoms. The first-order valence-corrected chi connectivity index (χ1v) is 18.3. The van der Waals surface area contributed by atoms with Crippen LogP contribution in [0.5, 0.6) is 5.75 Å². The number of aryl methyl sites for hydroxylation is 1. The first-order valence-electron chi connectivity index (χ1n) is 14.7. The Morgan fingerprint density at radius 3 is 2.29 bits per heavy atom. The SMILES string of the molecule is CS(=O)(=O)C1CCN(C(=O)N2CCC3(Sc4ccccc4)c4ccc(OCc5c(Cl)cccc5Cl)cc4CCC23)CC1.O=C=O. The molecule has 0 spiro atoms. The minimum absolute atomic E-state index is 0.0301. The fourth-order valence-electron chi connectivity index (χ4n) is 6.72. The molecule has 6 rings (SSSR count). The molecule has 2 atom stereocenters. The topological polar surface area (TPSA) is 101 Å². The van der Waals surface area contributed by atoms with E-state index in [-0.39, 0.29) is 34.8 Å². The fourth-order valence-corrected chi connectivity index (χ4v) is 9.89. The van der Waals surface area contributed by atoms with E-state index in [9.17, 15) is 13.2 Å². The minimum Gasteiger partial charge on any atom is -0.489 e. The van der Waals surface area contributed by atoms with Crippen molar-refractivity contribution in [2.24, 2.45) is 0 Å². The number of nitrogens with zero attached hydrogens (tertiary/aromatic N) is 2. The number of carbonyl (C=O) groups is 1. The lowest BCUT2D eigenvalue weighted by Gasteiger charge is -2.44. The Morgan fingerprint density at radius 1 is 0.978 bits per heavy atom. The van der Waals surface area contributed by atoms with Crippen LogP contribution in [0.4, 0.5) is 4.79 Å². The van der Waals surface area contributed by atoms with Gasteiger partial charge in [0.2, 0.25) is 0 Å². The normalized spacial score (nSPS) is 21.2. The maximum atomic E-state index is 13.9. The third-order valence-electron chi connectivity index (χ3n) is 8.91. The van der Waals surface area contributed by atoms with E-state index in [4.69, 9.17) is 37.5 Å². The highest BCUT2D eigenvalue weighted by Crippen LogP contribution is 2.56. The predicted molar refractivity (Wildman–Crippen MR) is 174 cm³/mol. The summed E-state index contributed by atoms with van der Waals surface area (Å²) in [4.78, 5) is 35.2. The number of urea groups is 1. The smallest absolute Gasteiger partial charge is 0.373 e. The van der Waals surface area contributed by atoms with Crippen LogP contribution in [-0.4, -0.2) is 67.6 Å². The zero-order valence-electron chi connectivity index (χ0n) is 24.8. The summed E-state index contributed by atoms with van der Waals surface area (Å²) in [5.74, 6) is 0.766. The van der Waals surface area contributed by atoms with E-state index in [0.717, 1.165) is 30.6 Å².